The molecule has 12 heavy (non-hydrogen) atoms. The number of amides is 1. The summed E-state index contributed by atoms with van der Waals surface area (Å²) in [5, 5.41) is 0. The zero-order valence-electron chi connectivity index (χ0n) is 6.77. The van der Waals surface area contributed by atoms with Gasteiger partial charge in [0.2, 0.25) is 0 Å². The molecule has 1 heterocycles. The Kier molecular flexibility index (Phi) is 5.12. The van der Waals surface area contributed by atoms with E-state index >= 15 is 0 Å². The first-order valence-corrected chi connectivity index (χ1v) is 3.44. The number of rotatable bonds is 1. The van der Waals surface area contributed by atoms with Crippen LogP contribution in [0.2, 0.25) is 0 Å². The lowest BCUT2D eigenvalue weighted by atomic mass is 10.5. The molecule has 1 aliphatic rings. The third-order valence-corrected chi connectivity index (χ3v) is 1.19. The molecule has 0 aromatic rings. The van der Waals surface area contributed by atoms with E-state index < -0.39 is 0 Å². The smallest absolute Gasteiger partial charge is 0.415 e. The Morgan fingerprint density at radius 1 is 1.75 bits per heavy atom. The van der Waals surface area contributed by atoms with Crippen molar-refractivity contribution in [3.63, 3.8) is 0 Å². The summed E-state index contributed by atoms with van der Waals surface area (Å²) < 4.78 is 4.74. The van der Waals surface area contributed by atoms with E-state index in [1.165, 1.54) is 4.90 Å². The molecule has 1 rings (SSSR count). The molecule has 1 aliphatic heterocycles. The molecular formula is C7H11ClN2O2. The average molecular weight is 191 g/mol. The van der Waals surface area contributed by atoms with Gasteiger partial charge in [-0.05, 0) is 13.0 Å². The number of carbonyl (C=O) groups is 1. The van der Waals surface area contributed by atoms with E-state index in [0.29, 0.717) is 13.3 Å². The van der Waals surface area contributed by atoms with Crippen molar-refractivity contribution in [3.8, 4) is 0 Å². The molecule has 0 aromatic heterocycles. The second kappa shape index (κ2) is 5.60. The number of halogens is 1. The highest BCUT2D eigenvalue weighted by Crippen LogP contribution is 1.98. The molecule has 0 fully saturated rings. The van der Waals surface area contributed by atoms with Crippen molar-refractivity contribution in [1.29, 1.82) is 0 Å². The zero-order chi connectivity index (χ0) is 8.10. The maximum absolute atomic E-state index is 11.0. The first-order valence-electron chi connectivity index (χ1n) is 3.44. The Bertz CT molecular complexity index is 204. The van der Waals surface area contributed by atoms with Crippen LogP contribution >= 0.6 is 12.4 Å². The molecular weight excluding hydrogens is 180 g/mol. The highest BCUT2D eigenvalue weighted by Gasteiger charge is 2.10. The standard InChI is InChI=1S/C7H10N2O2.ClH/c1-2-11-7(10)9-5-3-4-8-6-9;/h3-5H,2,6H2,1H3;1H. The minimum absolute atomic E-state index is 0. The van der Waals surface area contributed by atoms with E-state index in [4.69, 9.17) is 4.74 Å². The van der Waals surface area contributed by atoms with Crippen molar-refractivity contribution in [1.82, 2.24) is 4.90 Å². The van der Waals surface area contributed by atoms with Crippen LogP contribution in [-0.4, -0.2) is 30.5 Å². The van der Waals surface area contributed by atoms with Gasteiger partial charge >= 0.3 is 6.09 Å². The predicted octanol–water partition coefficient (Wildman–Crippen LogP) is 1.42. The molecule has 5 heteroatoms. The van der Waals surface area contributed by atoms with Gasteiger partial charge in [0, 0.05) is 12.4 Å². The largest absolute Gasteiger partial charge is 0.449 e. The maximum Gasteiger partial charge on any atom is 0.415 e. The molecule has 0 radical (unpaired) electrons. The van der Waals surface area contributed by atoms with Gasteiger partial charge < -0.3 is 4.74 Å². The number of carbonyl (C=O) groups excluding carboxylic acids is 1. The van der Waals surface area contributed by atoms with Crippen LogP contribution in [0.25, 0.3) is 0 Å². The minimum atomic E-state index is -0.347. The van der Waals surface area contributed by atoms with Crippen LogP contribution in [-0.2, 0) is 4.74 Å². The van der Waals surface area contributed by atoms with E-state index in [-0.39, 0.29) is 18.5 Å². The predicted molar refractivity (Wildman–Crippen MR) is 48.6 cm³/mol. The highest BCUT2D eigenvalue weighted by molar-refractivity contribution is 5.85. The highest BCUT2D eigenvalue weighted by atomic mass is 35.5. The second-order valence-electron chi connectivity index (χ2n) is 1.98. The fraction of sp³-hybridized carbons (Fsp3) is 0.429. The summed E-state index contributed by atoms with van der Waals surface area (Å²) in [6.07, 6.45) is 4.64. The number of hydrogen-bond acceptors (Lipinski definition) is 3. The summed E-state index contributed by atoms with van der Waals surface area (Å²) in [6, 6.07) is 0. The van der Waals surface area contributed by atoms with Crippen molar-refractivity contribution >= 4 is 24.7 Å². The molecule has 68 valence electrons. The van der Waals surface area contributed by atoms with Gasteiger partial charge in [-0.1, -0.05) is 0 Å². The molecule has 0 saturated carbocycles. The maximum atomic E-state index is 11.0. The van der Waals surface area contributed by atoms with E-state index in [1.54, 1.807) is 25.4 Å². The van der Waals surface area contributed by atoms with Crippen LogP contribution in [0.1, 0.15) is 6.92 Å². The zero-order valence-corrected chi connectivity index (χ0v) is 7.58. The van der Waals surface area contributed by atoms with Gasteiger partial charge in [0.15, 0.2) is 0 Å². The van der Waals surface area contributed by atoms with Crippen LogP contribution in [0.4, 0.5) is 4.79 Å². The quantitative estimate of drug-likeness (QED) is 0.628. The van der Waals surface area contributed by atoms with Crippen molar-refractivity contribution in [3.05, 3.63) is 12.3 Å². The van der Waals surface area contributed by atoms with Gasteiger partial charge in [0.25, 0.3) is 0 Å². The number of aliphatic imine (C=N–C) groups is 1. The van der Waals surface area contributed by atoms with Gasteiger partial charge in [-0.15, -0.1) is 12.4 Å². The molecule has 0 aliphatic carbocycles. The number of allylic oxidation sites excluding steroid dienone is 1. The molecule has 0 unspecified atom stereocenters. The number of hydrogen-bond donors (Lipinski definition) is 0. The van der Waals surface area contributed by atoms with Crippen molar-refractivity contribution in [2.75, 3.05) is 13.3 Å². The molecule has 4 nitrogen and oxygen atoms in total. The van der Waals surface area contributed by atoms with E-state index in [1.807, 2.05) is 0 Å². The van der Waals surface area contributed by atoms with E-state index in [0.717, 1.165) is 0 Å². The first kappa shape index (κ1) is 11.0. The Morgan fingerprint density at radius 2 is 2.50 bits per heavy atom. The first-order chi connectivity index (χ1) is 5.34. The topological polar surface area (TPSA) is 41.9 Å². The molecule has 0 atom stereocenters. The SMILES string of the molecule is CCOC(=O)N1C=CC=NC1.Cl. The van der Waals surface area contributed by atoms with Crippen molar-refractivity contribution < 1.29 is 9.53 Å². The fourth-order valence-corrected chi connectivity index (χ4v) is 0.710. The van der Waals surface area contributed by atoms with E-state index in [2.05, 4.69) is 4.99 Å². The van der Waals surface area contributed by atoms with Gasteiger partial charge in [-0.2, -0.15) is 0 Å². The normalized spacial score (nSPS) is 13.9. The van der Waals surface area contributed by atoms with Crippen LogP contribution in [0.3, 0.4) is 0 Å². The van der Waals surface area contributed by atoms with E-state index in [9.17, 15) is 4.79 Å². The molecule has 0 N–H and O–H groups in total. The van der Waals surface area contributed by atoms with Gasteiger partial charge in [-0.25, -0.2) is 4.79 Å². The molecule has 1 amide bonds. The van der Waals surface area contributed by atoms with Crippen molar-refractivity contribution in [2.45, 2.75) is 6.92 Å². The summed E-state index contributed by atoms with van der Waals surface area (Å²) >= 11 is 0. The van der Waals surface area contributed by atoms with Crippen LogP contribution in [0.15, 0.2) is 17.3 Å². The third kappa shape index (κ3) is 2.92. The van der Waals surface area contributed by atoms with Crippen LogP contribution < -0.4 is 0 Å². The minimum Gasteiger partial charge on any atom is -0.449 e. The summed E-state index contributed by atoms with van der Waals surface area (Å²) in [5.74, 6) is 0. The second-order valence-corrected chi connectivity index (χ2v) is 1.98. The summed E-state index contributed by atoms with van der Waals surface area (Å²) in [5.41, 5.74) is 0. The number of nitrogens with zero attached hydrogens (tertiary/aromatic N) is 2. The van der Waals surface area contributed by atoms with Gasteiger partial charge in [-0.3, -0.25) is 9.89 Å². The summed E-state index contributed by atoms with van der Waals surface area (Å²) in [4.78, 5) is 16.3. The Hall–Kier alpha value is -1.03. The lowest BCUT2D eigenvalue weighted by Crippen LogP contribution is -2.28. The lowest BCUT2D eigenvalue weighted by molar-refractivity contribution is 0.123. The summed E-state index contributed by atoms with van der Waals surface area (Å²) in [6.45, 7) is 2.52. The summed E-state index contributed by atoms with van der Waals surface area (Å²) in [7, 11) is 0. The number of ether oxygens (including phenoxy) is 1. The Morgan fingerprint density at radius 3 is 3.00 bits per heavy atom. The molecule has 0 aromatic carbocycles. The molecule has 0 saturated heterocycles. The van der Waals surface area contributed by atoms with Gasteiger partial charge in [0.1, 0.15) is 6.67 Å². The Labute approximate surface area is 77.3 Å². The lowest BCUT2D eigenvalue weighted by Gasteiger charge is -2.16. The Balaban J connectivity index is 0.00000121. The average Bonchev–Trinajstić information content (AvgIpc) is 2.07. The van der Waals surface area contributed by atoms with Gasteiger partial charge in [0.05, 0.1) is 6.61 Å². The van der Waals surface area contributed by atoms with Crippen molar-refractivity contribution in [2.24, 2.45) is 4.99 Å². The fourth-order valence-electron chi connectivity index (χ4n) is 0.710. The monoisotopic (exact) mass is 190 g/mol. The molecule has 0 spiro atoms. The van der Waals surface area contributed by atoms with Crippen LogP contribution in [0, 0.1) is 0 Å². The van der Waals surface area contributed by atoms with Crippen LogP contribution in [0.5, 0.6) is 0 Å². The third-order valence-electron chi connectivity index (χ3n) is 1.19. The molecule has 0 bridgehead atoms.